The van der Waals surface area contributed by atoms with Gasteiger partial charge in [-0.3, -0.25) is 4.79 Å². The number of hydrogen-bond acceptors (Lipinski definition) is 4. The van der Waals surface area contributed by atoms with Crippen LogP contribution >= 0.6 is 27.3 Å². The second-order valence-corrected chi connectivity index (χ2v) is 8.46. The van der Waals surface area contributed by atoms with E-state index < -0.39 is 27.2 Å². The highest BCUT2D eigenvalue weighted by molar-refractivity contribution is 9.10. The molecule has 5 nitrogen and oxygen atoms in total. The van der Waals surface area contributed by atoms with Crippen molar-refractivity contribution in [2.24, 2.45) is 5.92 Å². The molecular weight excluding hydrogens is 366 g/mol. The van der Waals surface area contributed by atoms with Crippen molar-refractivity contribution >= 4 is 43.3 Å². The van der Waals surface area contributed by atoms with Crippen LogP contribution in [0.2, 0.25) is 0 Å². The first-order valence-corrected chi connectivity index (χ1v) is 9.62. The minimum Gasteiger partial charge on any atom is -0.481 e. The maximum absolute atomic E-state index is 12.3. The standard InChI is InChI=1S/C12H16BrNO4S2/c13-10-7-19-6-8(10)5-14-20(17,18)11-4-2-1-3-9(11)12(15)16/h6-7,9,11,14H,1-5H2,(H,15,16). The van der Waals surface area contributed by atoms with E-state index in [1.807, 2.05) is 10.8 Å². The summed E-state index contributed by atoms with van der Waals surface area (Å²) in [5, 5.41) is 12.1. The lowest BCUT2D eigenvalue weighted by Crippen LogP contribution is -2.43. The molecule has 20 heavy (non-hydrogen) atoms. The summed E-state index contributed by atoms with van der Waals surface area (Å²) in [7, 11) is -3.62. The van der Waals surface area contributed by atoms with Gasteiger partial charge < -0.3 is 5.11 Å². The Kier molecular flexibility index (Phi) is 5.22. The van der Waals surface area contributed by atoms with Crippen molar-refractivity contribution in [2.45, 2.75) is 37.5 Å². The van der Waals surface area contributed by atoms with Crippen LogP contribution in [0.4, 0.5) is 0 Å². The zero-order valence-electron chi connectivity index (χ0n) is 10.7. The minimum atomic E-state index is -3.62. The summed E-state index contributed by atoms with van der Waals surface area (Å²) in [6.07, 6.45) is 2.39. The van der Waals surface area contributed by atoms with Crippen LogP contribution in [0.5, 0.6) is 0 Å². The lowest BCUT2D eigenvalue weighted by Gasteiger charge is -2.28. The summed E-state index contributed by atoms with van der Waals surface area (Å²) >= 11 is 4.83. The van der Waals surface area contributed by atoms with Crippen molar-refractivity contribution < 1.29 is 18.3 Å². The van der Waals surface area contributed by atoms with Crippen molar-refractivity contribution in [3.8, 4) is 0 Å². The normalized spacial score (nSPS) is 23.6. The maximum atomic E-state index is 12.3. The Morgan fingerprint density at radius 3 is 2.70 bits per heavy atom. The molecule has 112 valence electrons. The summed E-state index contributed by atoms with van der Waals surface area (Å²) in [5.41, 5.74) is 0.862. The minimum absolute atomic E-state index is 0.190. The average molecular weight is 382 g/mol. The van der Waals surface area contributed by atoms with Gasteiger partial charge in [0.15, 0.2) is 0 Å². The van der Waals surface area contributed by atoms with E-state index in [4.69, 9.17) is 0 Å². The van der Waals surface area contributed by atoms with Gasteiger partial charge in [-0.05, 0) is 39.7 Å². The van der Waals surface area contributed by atoms with Crippen LogP contribution in [0, 0.1) is 5.92 Å². The number of carboxylic acids is 1. The van der Waals surface area contributed by atoms with Gasteiger partial charge in [-0.2, -0.15) is 11.3 Å². The summed E-state index contributed by atoms with van der Waals surface area (Å²) in [6, 6.07) is 0. The van der Waals surface area contributed by atoms with Crippen molar-refractivity contribution in [2.75, 3.05) is 0 Å². The molecule has 0 spiro atoms. The van der Waals surface area contributed by atoms with E-state index in [9.17, 15) is 18.3 Å². The molecule has 0 saturated heterocycles. The fraction of sp³-hybridized carbons (Fsp3) is 0.583. The van der Waals surface area contributed by atoms with Crippen LogP contribution in [0.25, 0.3) is 0 Å². The highest BCUT2D eigenvalue weighted by Gasteiger charge is 2.39. The fourth-order valence-corrected chi connectivity index (χ4v) is 5.65. The van der Waals surface area contributed by atoms with Crippen LogP contribution < -0.4 is 4.72 Å². The van der Waals surface area contributed by atoms with E-state index in [1.54, 1.807) is 0 Å². The third-order valence-corrected chi connectivity index (χ3v) is 7.31. The van der Waals surface area contributed by atoms with E-state index in [0.717, 1.165) is 22.9 Å². The van der Waals surface area contributed by atoms with Gasteiger partial charge in [-0.15, -0.1) is 0 Å². The van der Waals surface area contributed by atoms with Crippen LogP contribution in [0.3, 0.4) is 0 Å². The van der Waals surface area contributed by atoms with Crippen LogP contribution in [0.15, 0.2) is 15.2 Å². The predicted molar refractivity (Wildman–Crippen MR) is 81.2 cm³/mol. The van der Waals surface area contributed by atoms with Gasteiger partial charge in [0, 0.05) is 16.4 Å². The Labute approximate surface area is 130 Å². The molecule has 0 radical (unpaired) electrons. The number of halogens is 1. The summed E-state index contributed by atoms with van der Waals surface area (Å²) < 4.78 is 28.0. The van der Waals surface area contributed by atoms with E-state index in [1.165, 1.54) is 11.3 Å². The van der Waals surface area contributed by atoms with Crippen molar-refractivity contribution in [1.82, 2.24) is 4.72 Å². The van der Waals surface area contributed by atoms with E-state index in [-0.39, 0.29) is 6.54 Å². The molecule has 1 heterocycles. The van der Waals surface area contributed by atoms with Crippen molar-refractivity contribution in [3.63, 3.8) is 0 Å². The second-order valence-electron chi connectivity index (χ2n) is 4.88. The Balaban J connectivity index is 2.08. The number of aliphatic carboxylic acids is 1. The monoisotopic (exact) mass is 381 g/mol. The van der Waals surface area contributed by atoms with Gasteiger partial charge in [-0.25, -0.2) is 13.1 Å². The average Bonchev–Trinajstić information content (AvgIpc) is 2.82. The number of hydrogen-bond donors (Lipinski definition) is 2. The smallest absolute Gasteiger partial charge is 0.307 e. The predicted octanol–water partition coefficient (Wildman–Crippen LogP) is 2.57. The Hall–Kier alpha value is -0.440. The van der Waals surface area contributed by atoms with Crippen molar-refractivity contribution in [1.29, 1.82) is 0 Å². The van der Waals surface area contributed by atoms with Gasteiger partial charge >= 0.3 is 5.97 Å². The lowest BCUT2D eigenvalue weighted by atomic mass is 9.89. The quantitative estimate of drug-likeness (QED) is 0.820. The molecule has 2 unspecified atom stereocenters. The summed E-state index contributed by atoms with van der Waals surface area (Å²) in [4.78, 5) is 11.2. The molecule has 0 aliphatic heterocycles. The van der Waals surface area contributed by atoms with E-state index >= 15 is 0 Å². The Morgan fingerprint density at radius 2 is 2.10 bits per heavy atom. The molecule has 1 aromatic rings. The van der Waals surface area contributed by atoms with Crippen LogP contribution in [-0.4, -0.2) is 24.7 Å². The first kappa shape index (κ1) is 15.9. The number of carboxylic acid groups (broad SMARTS) is 1. The van der Waals surface area contributed by atoms with Gasteiger partial charge in [0.2, 0.25) is 10.0 Å². The molecule has 1 aliphatic rings. The first-order valence-electron chi connectivity index (χ1n) is 6.33. The Morgan fingerprint density at radius 1 is 1.40 bits per heavy atom. The van der Waals surface area contributed by atoms with Crippen molar-refractivity contribution in [3.05, 3.63) is 20.8 Å². The molecule has 1 aliphatic carbocycles. The van der Waals surface area contributed by atoms with E-state index in [0.29, 0.717) is 12.8 Å². The molecule has 0 bridgehead atoms. The fourth-order valence-electron chi connectivity index (χ4n) is 2.47. The molecule has 8 heteroatoms. The molecule has 2 rings (SSSR count). The highest BCUT2D eigenvalue weighted by atomic mass is 79.9. The largest absolute Gasteiger partial charge is 0.481 e. The molecule has 0 aromatic carbocycles. The second kappa shape index (κ2) is 6.55. The number of sulfonamides is 1. The molecule has 2 atom stereocenters. The lowest BCUT2D eigenvalue weighted by molar-refractivity contribution is -0.142. The zero-order chi connectivity index (χ0) is 14.8. The van der Waals surface area contributed by atoms with Gasteiger partial charge in [-0.1, -0.05) is 12.8 Å². The number of nitrogens with one attached hydrogen (secondary N) is 1. The van der Waals surface area contributed by atoms with Crippen LogP contribution in [-0.2, 0) is 21.4 Å². The summed E-state index contributed by atoms with van der Waals surface area (Å²) in [5.74, 6) is -1.82. The highest BCUT2D eigenvalue weighted by Crippen LogP contribution is 2.30. The molecule has 2 N–H and O–H groups in total. The third-order valence-electron chi connectivity index (χ3n) is 3.57. The molecule has 1 fully saturated rings. The summed E-state index contributed by atoms with van der Waals surface area (Å²) in [6.45, 7) is 0.190. The number of rotatable bonds is 5. The third kappa shape index (κ3) is 3.60. The van der Waals surface area contributed by atoms with Gasteiger partial charge in [0.25, 0.3) is 0 Å². The zero-order valence-corrected chi connectivity index (χ0v) is 13.9. The van der Waals surface area contributed by atoms with E-state index in [2.05, 4.69) is 20.7 Å². The maximum Gasteiger partial charge on any atom is 0.307 e. The van der Waals surface area contributed by atoms with Gasteiger partial charge in [0.1, 0.15) is 0 Å². The molecule has 1 saturated carbocycles. The Bertz CT molecular complexity index is 584. The molecular formula is C12H16BrNO4S2. The SMILES string of the molecule is O=C(O)C1CCCCC1S(=O)(=O)NCc1cscc1Br. The number of thiophene rings is 1. The molecule has 1 aromatic heterocycles. The number of carbonyl (C=O) groups is 1. The topological polar surface area (TPSA) is 83.5 Å². The van der Waals surface area contributed by atoms with Crippen LogP contribution in [0.1, 0.15) is 31.2 Å². The first-order chi connectivity index (χ1) is 9.42. The van der Waals surface area contributed by atoms with Gasteiger partial charge in [0.05, 0.1) is 11.2 Å². The molecule has 0 amide bonds.